The molecule has 0 heterocycles. The van der Waals surface area contributed by atoms with E-state index in [2.05, 4.69) is 0 Å². The van der Waals surface area contributed by atoms with Gasteiger partial charge in [-0.2, -0.15) is 0 Å². The lowest BCUT2D eigenvalue weighted by molar-refractivity contribution is 0.112. The highest BCUT2D eigenvalue weighted by molar-refractivity contribution is 6.37. The van der Waals surface area contributed by atoms with Gasteiger partial charge in [-0.25, -0.2) is 0 Å². The topological polar surface area (TPSA) is 26.3 Å². The molecule has 0 bridgehead atoms. The summed E-state index contributed by atoms with van der Waals surface area (Å²) < 4.78 is 4.90. The summed E-state index contributed by atoms with van der Waals surface area (Å²) in [6.07, 6.45) is 0.678. The van der Waals surface area contributed by atoms with Crippen LogP contribution in [0.25, 0.3) is 0 Å². The van der Waals surface area contributed by atoms with Crippen molar-refractivity contribution in [3.8, 4) is 5.75 Å². The molecule has 1 aromatic carbocycles. The first-order valence-corrected chi connectivity index (χ1v) is 3.93. The van der Waals surface area contributed by atoms with E-state index >= 15 is 0 Å². The standard InChI is InChI=1S/C8H6Cl2O2/c1-12-8-6(9)2-5(4-11)3-7(8)10/h2-4H,1H3/i2+1,3+1,4+1,5+1,6+1,7+1,8+1. The third-order valence-corrected chi connectivity index (χ3v) is 1.92. The van der Waals surface area contributed by atoms with Gasteiger partial charge in [-0.05, 0) is 12.1 Å². The number of benzene rings is 1. The van der Waals surface area contributed by atoms with E-state index in [9.17, 15) is 4.79 Å². The molecule has 0 aliphatic carbocycles. The maximum atomic E-state index is 10.4. The van der Waals surface area contributed by atoms with Crippen molar-refractivity contribution >= 4 is 29.5 Å². The molecule has 0 unspecified atom stereocenters. The van der Waals surface area contributed by atoms with Crippen LogP contribution in [0.2, 0.25) is 10.0 Å². The van der Waals surface area contributed by atoms with Gasteiger partial charge in [-0.15, -0.1) is 0 Å². The van der Waals surface area contributed by atoms with Crippen molar-refractivity contribution in [2.75, 3.05) is 7.11 Å². The van der Waals surface area contributed by atoms with E-state index in [0.717, 1.165) is 0 Å². The lowest BCUT2D eigenvalue weighted by Gasteiger charge is -2.05. The highest BCUT2D eigenvalue weighted by Crippen LogP contribution is 2.33. The Morgan fingerprint density at radius 3 is 2.17 bits per heavy atom. The molecule has 4 heteroatoms. The summed E-state index contributed by atoms with van der Waals surface area (Å²) in [4.78, 5) is 10.4. The molecule has 0 N–H and O–H groups in total. The van der Waals surface area contributed by atoms with Crippen molar-refractivity contribution in [1.29, 1.82) is 0 Å². The smallest absolute Gasteiger partial charge is 0.156 e. The van der Waals surface area contributed by atoms with Gasteiger partial charge in [0.05, 0.1) is 17.2 Å². The van der Waals surface area contributed by atoms with Gasteiger partial charge in [-0.3, -0.25) is 4.79 Å². The summed E-state index contributed by atoms with van der Waals surface area (Å²) >= 11 is 11.5. The SMILES string of the molecule is CO[13c]1[13c](Cl)[13cH][13c]([13CH]=O)[13cH][13c]1Cl. The zero-order valence-corrected chi connectivity index (χ0v) is 7.82. The van der Waals surface area contributed by atoms with Crippen molar-refractivity contribution in [3.63, 3.8) is 0 Å². The monoisotopic (exact) mass is 211 g/mol. The van der Waals surface area contributed by atoms with E-state index in [4.69, 9.17) is 27.9 Å². The maximum absolute atomic E-state index is 10.4. The van der Waals surface area contributed by atoms with E-state index in [-0.39, 0.29) is 0 Å². The number of methoxy groups -OCH3 is 1. The number of hydrogen-bond acceptors (Lipinski definition) is 2. The lowest BCUT2D eigenvalue weighted by atomic mass is 11.2. The largest absolute Gasteiger partial charge is 0.494 e. The number of halogens is 2. The summed E-state index contributed by atoms with van der Waals surface area (Å²) in [5, 5.41) is 0.680. The number of carbonyl (C=O) groups excluding carboxylic acids is 1. The molecule has 64 valence electrons. The Bertz CT molecular complexity index is 287. The quantitative estimate of drug-likeness (QED) is 0.556. The summed E-state index contributed by atoms with van der Waals surface area (Å²) in [5.41, 5.74) is 0.436. The molecule has 0 atom stereocenters. The number of hydrogen-bond donors (Lipinski definition) is 0. The van der Waals surface area contributed by atoms with Crippen LogP contribution in [0.3, 0.4) is 0 Å². The molecule has 0 fully saturated rings. The Hall–Kier alpha value is -0.730. The second-order valence-corrected chi connectivity index (χ2v) is 2.95. The molecule has 1 aromatic rings. The van der Waals surface area contributed by atoms with Gasteiger partial charge in [-0.1, -0.05) is 23.2 Å². The number of rotatable bonds is 2. The van der Waals surface area contributed by atoms with Crippen molar-refractivity contribution in [2.45, 2.75) is 0 Å². The summed E-state index contributed by atoms with van der Waals surface area (Å²) in [5.74, 6) is 0.393. The van der Waals surface area contributed by atoms with Crippen molar-refractivity contribution in [3.05, 3.63) is 27.7 Å². The molecule has 12 heavy (non-hydrogen) atoms. The lowest BCUT2D eigenvalue weighted by Crippen LogP contribution is -1.88. The third-order valence-electron chi connectivity index (χ3n) is 1.36. The maximum Gasteiger partial charge on any atom is 0.156 e. The van der Waals surface area contributed by atoms with Gasteiger partial charge >= 0.3 is 0 Å². The molecule has 0 spiro atoms. The van der Waals surface area contributed by atoms with Crippen LogP contribution in [0.5, 0.6) is 5.75 Å². The normalized spacial score (nSPS) is 9.58. The third kappa shape index (κ3) is 1.71. The molecule has 0 aliphatic heterocycles. The molecule has 1 rings (SSSR count). The Labute approximate surface area is 80.0 Å². The number of carbonyl (C=O) groups is 1. The second-order valence-electron chi connectivity index (χ2n) is 2.14. The number of aldehydes is 1. The van der Waals surface area contributed by atoms with Crippen LogP contribution < -0.4 is 4.74 Å². The van der Waals surface area contributed by atoms with Gasteiger partial charge in [0, 0.05) is 5.56 Å². The van der Waals surface area contributed by atoms with Crippen LogP contribution in [0.15, 0.2) is 12.1 Å². The molecule has 0 saturated carbocycles. The summed E-state index contributed by atoms with van der Waals surface area (Å²) in [6, 6.07) is 3.00. The molecule has 2 nitrogen and oxygen atoms in total. The summed E-state index contributed by atoms with van der Waals surface area (Å²) in [6.45, 7) is 0. The minimum Gasteiger partial charge on any atom is -0.494 e. The van der Waals surface area contributed by atoms with Crippen LogP contribution in [-0.2, 0) is 0 Å². The van der Waals surface area contributed by atoms with Crippen molar-refractivity contribution in [1.82, 2.24) is 0 Å². The Kier molecular flexibility index (Phi) is 2.95. The molecule has 0 radical (unpaired) electrons. The average Bonchev–Trinajstić information content (AvgIpc) is 2.03. The van der Waals surface area contributed by atoms with E-state index < -0.39 is 0 Å². The highest BCUT2D eigenvalue weighted by atomic mass is 35.5. The van der Waals surface area contributed by atoms with Gasteiger partial charge in [0.1, 0.15) is 6.29 Å². The Morgan fingerprint density at radius 1 is 1.33 bits per heavy atom. The number of ether oxygens (including phenoxy) is 1. The minimum absolute atomic E-state index is 0.340. The van der Waals surface area contributed by atoms with Crippen molar-refractivity contribution < 1.29 is 9.53 Å². The predicted molar refractivity (Wildman–Crippen MR) is 48.4 cm³/mol. The molecule has 0 aliphatic rings. The average molecular weight is 212 g/mol. The molecule has 0 aromatic heterocycles. The fraction of sp³-hybridized carbons (Fsp3) is 0.125. The molecule has 0 saturated heterocycles. The van der Waals surface area contributed by atoms with Gasteiger partial charge < -0.3 is 4.74 Å². The Balaban J connectivity index is 3.27. The molecule has 0 amide bonds. The second kappa shape index (κ2) is 3.78. The van der Waals surface area contributed by atoms with Crippen molar-refractivity contribution in [2.24, 2.45) is 0 Å². The zero-order chi connectivity index (χ0) is 9.14. The van der Waals surface area contributed by atoms with Crippen LogP contribution in [0.4, 0.5) is 0 Å². The first-order valence-electron chi connectivity index (χ1n) is 3.17. The molecular formula is C8H6Cl2O2. The summed E-state index contributed by atoms with van der Waals surface area (Å²) in [7, 11) is 1.47. The predicted octanol–water partition coefficient (Wildman–Crippen LogP) is 2.81. The van der Waals surface area contributed by atoms with Crippen LogP contribution in [0, 0.1) is 0 Å². The van der Waals surface area contributed by atoms with E-state index in [1.54, 1.807) is 0 Å². The van der Waals surface area contributed by atoms with Crippen LogP contribution in [0.1, 0.15) is 10.4 Å². The zero-order valence-electron chi connectivity index (χ0n) is 6.30. The van der Waals surface area contributed by atoms with Gasteiger partial charge in [0.15, 0.2) is 5.75 Å². The highest BCUT2D eigenvalue weighted by Gasteiger charge is 2.07. The van der Waals surface area contributed by atoms with Gasteiger partial charge in [0.2, 0.25) is 0 Å². The fourth-order valence-corrected chi connectivity index (χ4v) is 1.50. The minimum atomic E-state index is 0.340. The van der Waals surface area contributed by atoms with Crippen LogP contribution >= 0.6 is 23.2 Å². The Morgan fingerprint density at radius 2 is 1.83 bits per heavy atom. The van der Waals surface area contributed by atoms with E-state index in [0.29, 0.717) is 27.6 Å². The van der Waals surface area contributed by atoms with E-state index in [1.165, 1.54) is 19.2 Å². The molecular weight excluding hydrogens is 206 g/mol. The van der Waals surface area contributed by atoms with E-state index in [1.807, 2.05) is 0 Å². The first kappa shape index (κ1) is 9.36. The van der Waals surface area contributed by atoms with Crippen LogP contribution in [-0.4, -0.2) is 13.4 Å². The first-order chi connectivity index (χ1) is 5.69. The van der Waals surface area contributed by atoms with Gasteiger partial charge in [0.25, 0.3) is 0 Å². The fourth-order valence-electron chi connectivity index (χ4n) is 0.843.